The highest BCUT2D eigenvalue weighted by Gasteiger charge is 2.50. The Kier molecular flexibility index (Phi) is 5.25. The maximum Gasteiger partial charge on any atom is 0.233 e. The van der Waals surface area contributed by atoms with Gasteiger partial charge in [-0.3, -0.25) is 14.5 Å². The highest BCUT2D eigenvalue weighted by Crippen LogP contribution is 2.37. The summed E-state index contributed by atoms with van der Waals surface area (Å²) in [6.45, 7) is 8.69. The van der Waals surface area contributed by atoms with Gasteiger partial charge in [-0.25, -0.2) is 0 Å². The number of carbonyl (C=O) groups is 2. The van der Waals surface area contributed by atoms with Gasteiger partial charge in [0.15, 0.2) is 6.29 Å². The molecule has 2 amide bonds. The van der Waals surface area contributed by atoms with Crippen LogP contribution in [0.15, 0.2) is 30.3 Å². The Balaban J connectivity index is 1.69. The molecule has 0 radical (unpaired) electrons. The molecule has 5 heteroatoms. The third-order valence-corrected chi connectivity index (χ3v) is 5.13. The first-order chi connectivity index (χ1) is 11.9. The Morgan fingerprint density at radius 1 is 1.00 bits per heavy atom. The van der Waals surface area contributed by atoms with E-state index in [1.165, 1.54) is 4.90 Å². The Morgan fingerprint density at radius 2 is 1.56 bits per heavy atom. The van der Waals surface area contributed by atoms with Crippen molar-refractivity contribution in [3.63, 3.8) is 0 Å². The molecular formula is C20H27NO4. The zero-order valence-electron chi connectivity index (χ0n) is 15.3. The van der Waals surface area contributed by atoms with Crippen LogP contribution in [0.5, 0.6) is 0 Å². The molecule has 1 aromatic rings. The molecule has 4 unspecified atom stereocenters. The summed E-state index contributed by atoms with van der Waals surface area (Å²) in [5, 5.41) is 0. The van der Waals surface area contributed by atoms with Gasteiger partial charge in [-0.15, -0.1) is 0 Å². The van der Waals surface area contributed by atoms with E-state index >= 15 is 0 Å². The summed E-state index contributed by atoms with van der Waals surface area (Å²) in [4.78, 5) is 27.0. The maximum atomic E-state index is 12.8. The van der Waals surface area contributed by atoms with Gasteiger partial charge in [-0.1, -0.05) is 58.0 Å². The normalized spacial score (nSPS) is 30.1. The fourth-order valence-corrected chi connectivity index (χ4v) is 3.89. The minimum Gasteiger partial charge on any atom is -0.346 e. The molecule has 2 aliphatic heterocycles. The summed E-state index contributed by atoms with van der Waals surface area (Å²) < 4.78 is 11.6. The van der Waals surface area contributed by atoms with Gasteiger partial charge in [0.2, 0.25) is 11.8 Å². The molecule has 2 aliphatic rings. The first-order valence-electron chi connectivity index (χ1n) is 9.07. The standard InChI is InChI=1S/C20H27NO4/c1-12(2)16-17(13(3)4)19(23)21(18(16)22)10-15-11-24-20(25-15)14-8-6-5-7-9-14/h5-9,12-13,15-17,20H,10-11H2,1-4H3. The molecule has 2 heterocycles. The topological polar surface area (TPSA) is 55.8 Å². The molecule has 4 atom stereocenters. The fourth-order valence-electron chi connectivity index (χ4n) is 3.89. The zero-order valence-corrected chi connectivity index (χ0v) is 15.3. The predicted molar refractivity (Wildman–Crippen MR) is 93.4 cm³/mol. The number of imide groups is 1. The van der Waals surface area contributed by atoms with Gasteiger partial charge < -0.3 is 9.47 Å². The molecule has 2 saturated heterocycles. The molecule has 0 N–H and O–H groups in total. The lowest BCUT2D eigenvalue weighted by molar-refractivity contribution is -0.142. The van der Waals surface area contributed by atoms with Gasteiger partial charge in [-0.05, 0) is 11.8 Å². The summed E-state index contributed by atoms with van der Waals surface area (Å²) in [5.74, 6) is -0.311. The van der Waals surface area contributed by atoms with Crippen LogP contribution >= 0.6 is 0 Å². The maximum absolute atomic E-state index is 12.8. The smallest absolute Gasteiger partial charge is 0.233 e. The molecule has 0 bridgehead atoms. The van der Waals surface area contributed by atoms with Crippen LogP contribution in [-0.2, 0) is 19.1 Å². The van der Waals surface area contributed by atoms with E-state index in [0.29, 0.717) is 6.61 Å². The average Bonchev–Trinajstić information content (AvgIpc) is 3.14. The highest BCUT2D eigenvalue weighted by atomic mass is 16.7. The van der Waals surface area contributed by atoms with Crippen molar-refractivity contribution in [3.8, 4) is 0 Å². The van der Waals surface area contributed by atoms with Crippen molar-refractivity contribution in [2.24, 2.45) is 23.7 Å². The largest absolute Gasteiger partial charge is 0.346 e. The second-order valence-corrected chi connectivity index (χ2v) is 7.66. The van der Waals surface area contributed by atoms with Crippen molar-refractivity contribution in [1.82, 2.24) is 4.90 Å². The summed E-state index contributed by atoms with van der Waals surface area (Å²) in [6.07, 6.45) is -0.711. The zero-order chi connectivity index (χ0) is 18.1. The summed E-state index contributed by atoms with van der Waals surface area (Å²) in [7, 11) is 0. The van der Waals surface area contributed by atoms with E-state index < -0.39 is 6.29 Å². The molecule has 0 aliphatic carbocycles. The predicted octanol–water partition coefficient (Wildman–Crippen LogP) is 3.01. The Morgan fingerprint density at radius 3 is 2.08 bits per heavy atom. The average molecular weight is 345 g/mol. The van der Waals surface area contributed by atoms with Gasteiger partial charge in [0.25, 0.3) is 0 Å². The first kappa shape index (κ1) is 18.1. The number of hydrogen-bond donors (Lipinski definition) is 0. The SMILES string of the molecule is CC(C)C1C(=O)N(CC2COC(c3ccccc3)O2)C(=O)C1C(C)C. The lowest BCUT2D eigenvalue weighted by Gasteiger charge is -2.21. The van der Waals surface area contributed by atoms with Gasteiger partial charge >= 0.3 is 0 Å². The van der Waals surface area contributed by atoms with Crippen LogP contribution in [-0.4, -0.2) is 36.0 Å². The third-order valence-electron chi connectivity index (χ3n) is 5.13. The number of carbonyl (C=O) groups excluding carboxylic acids is 2. The van der Waals surface area contributed by atoms with Gasteiger partial charge in [0.05, 0.1) is 25.0 Å². The number of rotatable bonds is 5. The summed E-state index contributed by atoms with van der Waals surface area (Å²) in [6, 6.07) is 9.70. The number of amides is 2. The minimum atomic E-state index is -0.430. The quantitative estimate of drug-likeness (QED) is 0.770. The number of likely N-dealkylation sites (tertiary alicyclic amines) is 1. The highest BCUT2D eigenvalue weighted by molar-refractivity contribution is 6.05. The molecular weight excluding hydrogens is 318 g/mol. The van der Waals surface area contributed by atoms with E-state index in [1.807, 2.05) is 58.0 Å². The van der Waals surface area contributed by atoms with Crippen LogP contribution in [0.3, 0.4) is 0 Å². The molecule has 2 fully saturated rings. The van der Waals surface area contributed by atoms with E-state index in [0.717, 1.165) is 5.56 Å². The molecule has 0 spiro atoms. The van der Waals surface area contributed by atoms with E-state index in [1.54, 1.807) is 0 Å². The Labute approximate surface area is 149 Å². The molecule has 1 aromatic carbocycles. The van der Waals surface area contributed by atoms with E-state index in [2.05, 4.69) is 0 Å². The lowest BCUT2D eigenvalue weighted by atomic mass is 9.79. The van der Waals surface area contributed by atoms with Crippen molar-refractivity contribution < 1.29 is 19.1 Å². The lowest BCUT2D eigenvalue weighted by Crippen LogP contribution is -2.39. The summed E-state index contributed by atoms with van der Waals surface area (Å²) in [5.41, 5.74) is 0.948. The van der Waals surface area contributed by atoms with Crippen LogP contribution in [0, 0.1) is 23.7 Å². The molecule has 25 heavy (non-hydrogen) atoms. The van der Waals surface area contributed by atoms with Crippen molar-refractivity contribution in [2.45, 2.75) is 40.1 Å². The molecule has 5 nitrogen and oxygen atoms in total. The number of ether oxygens (including phenoxy) is 2. The van der Waals surface area contributed by atoms with Crippen LogP contribution in [0.25, 0.3) is 0 Å². The number of nitrogens with zero attached hydrogens (tertiary/aromatic N) is 1. The first-order valence-corrected chi connectivity index (χ1v) is 9.07. The Bertz CT molecular complexity index is 602. The molecule has 136 valence electrons. The van der Waals surface area contributed by atoms with E-state index in [4.69, 9.17) is 9.47 Å². The second-order valence-electron chi connectivity index (χ2n) is 7.66. The van der Waals surface area contributed by atoms with E-state index in [9.17, 15) is 9.59 Å². The van der Waals surface area contributed by atoms with Crippen LogP contribution in [0.2, 0.25) is 0 Å². The van der Waals surface area contributed by atoms with Crippen LogP contribution in [0.4, 0.5) is 0 Å². The van der Waals surface area contributed by atoms with Crippen LogP contribution < -0.4 is 0 Å². The van der Waals surface area contributed by atoms with Gasteiger partial charge in [0.1, 0.15) is 6.10 Å². The van der Waals surface area contributed by atoms with Crippen LogP contribution in [0.1, 0.15) is 39.5 Å². The number of hydrogen-bond acceptors (Lipinski definition) is 4. The van der Waals surface area contributed by atoms with Gasteiger partial charge in [-0.2, -0.15) is 0 Å². The Hall–Kier alpha value is -1.72. The number of benzene rings is 1. The van der Waals surface area contributed by atoms with Crippen molar-refractivity contribution in [2.75, 3.05) is 13.2 Å². The van der Waals surface area contributed by atoms with Crippen molar-refractivity contribution in [1.29, 1.82) is 0 Å². The summed E-state index contributed by atoms with van der Waals surface area (Å²) >= 11 is 0. The monoisotopic (exact) mass is 345 g/mol. The molecule has 0 aromatic heterocycles. The fraction of sp³-hybridized carbons (Fsp3) is 0.600. The van der Waals surface area contributed by atoms with Crippen molar-refractivity contribution >= 4 is 11.8 Å². The third kappa shape index (κ3) is 3.48. The van der Waals surface area contributed by atoms with E-state index in [-0.39, 0.29) is 48.1 Å². The van der Waals surface area contributed by atoms with Gasteiger partial charge in [0, 0.05) is 5.56 Å². The molecule has 3 rings (SSSR count). The molecule has 0 saturated carbocycles. The van der Waals surface area contributed by atoms with Crippen molar-refractivity contribution in [3.05, 3.63) is 35.9 Å². The second kappa shape index (κ2) is 7.26. The minimum absolute atomic E-state index is 0.0644.